The Bertz CT molecular complexity index is 459. The van der Waals surface area contributed by atoms with E-state index in [0.29, 0.717) is 0 Å². The van der Waals surface area contributed by atoms with Crippen LogP contribution in [0.3, 0.4) is 0 Å². The molecule has 0 spiro atoms. The second kappa shape index (κ2) is 4.40. The number of aliphatic hydroxyl groups excluding tert-OH is 1. The monoisotopic (exact) mass is 237 g/mol. The van der Waals surface area contributed by atoms with Crippen LogP contribution >= 0.6 is 0 Å². The Morgan fingerprint density at radius 3 is 2.24 bits per heavy atom. The van der Waals surface area contributed by atoms with Gasteiger partial charge in [-0.1, -0.05) is 0 Å². The molecule has 0 bridgehead atoms. The Hall–Kier alpha value is -2.11. The third-order valence-electron chi connectivity index (χ3n) is 2.35. The second-order valence-corrected chi connectivity index (χ2v) is 4.09. The molecule has 6 heteroatoms. The van der Waals surface area contributed by atoms with Crippen LogP contribution in [-0.4, -0.2) is 60.5 Å². The molecule has 0 saturated heterocycles. The number of hydrogen-bond donors (Lipinski definition) is 2. The zero-order valence-electron chi connectivity index (χ0n) is 10.2. The minimum atomic E-state index is -0.586. The maximum Gasteiger partial charge on any atom is 0.259 e. The molecule has 1 aliphatic carbocycles. The summed E-state index contributed by atoms with van der Waals surface area (Å²) >= 11 is 0. The zero-order chi connectivity index (χ0) is 13.3. The molecule has 17 heavy (non-hydrogen) atoms. The molecule has 0 aromatic rings. The van der Waals surface area contributed by atoms with Crippen LogP contribution in [0.25, 0.3) is 0 Å². The number of allylic oxidation sites excluding steroid dienone is 1. The van der Waals surface area contributed by atoms with Crippen LogP contribution in [0, 0.1) is 5.41 Å². The van der Waals surface area contributed by atoms with E-state index in [0.717, 1.165) is 6.08 Å². The Morgan fingerprint density at radius 1 is 1.29 bits per heavy atom. The molecule has 0 heterocycles. The van der Waals surface area contributed by atoms with E-state index < -0.39 is 17.4 Å². The number of hydrogen-bond acceptors (Lipinski definition) is 5. The molecule has 1 rings (SSSR count). The number of rotatable bonds is 2. The third kappa shape index (κ3) is 2.20. The van der Waals surface area contributed by atoms with Crippen molar-refractivity contribution in [1.29, 1.82) is 5.41 Å². The average Bonchev–Trinajstić information content (AvgIpc) is 2.22. The van der Waals surface area contributed by atoms with Crippen LogP contribution < -0.4 is 0 Å². The van der Waals surface area contributed by atoms with Gasteiger partial charge in [0.1, 0.15) is 11.3 Å². The highest BCUT2D eigenvalue weighted by Crippen LogP contribution is 2.22. The minimum absolute atomic E-state index is 0.233. The van der Waals surface area contributed by atoms with Crippen molar-refractivity contribution in [2.24, 2.45) is 0 Å². The maximum atomic E-state index is 11.8. The van der Waals surface area contributed by atoms with Crippen LogP contribution in [0.2, 0.25) is 0 Å². The van der Waals surface area contributed by atoms with Gasteiger partial charge in [-0.05, 0) is 0 Å². The molecule has 2 N–H and O–H groups in total. The molecular weight excluding hydrogens is 222 g/mol. The Balaban J connectivity index is 3.37. The van der Waals surface area contributed by atoms with Crippen LogP contribution in [0.5, 0.6) is 0 Å². The summed E-state index contributed by atoms with van der Waals surface area (Å²) in [5, 5.41) is 17.5. The fraction of sp³-hybridized carbons (Fsp3) is 0.364. The van der Waals surface area contributed by atoms with Crippen molar-refractivity contribution in [3.05, 3.63) is 23.1 Å². The predicted octanol–water partition coefficient (Wildman–Crippen LogP) is -0.0653. The maximum absolute atomic E-state index is 11.8. The first-order valence-electron chi connectivity index (χ1n) is 4.95. The van der Waals surface area contributed by atoms with Gasteiger partial charge in [-0.15, -0.1) is 0 Å². The lowest BCUT2D eigenvalue weighted by molar-refractivity contribution is -0.124. The van der Waals surface area contributed by atoms with E-state index >= 15 is 0 Å². The summed E-state index contributed by atoms with van der Waals surface area (Å²) in [7, 11) is 6.27. The topological polar surface area (TPSA) is 84.7 Å². The number of ketones is 1. The normalized spacial score (nSPS) is 15.9. The number of carbonyl (C=O) groups excluding carboxylic acids is 2. The molecule has 1 aliphatic rings. The van der Waals surface area contributed by atoms with Crippen molar-refractivity contribution < 1.29 is 14.7 Å². The van der Waals surface area contributed by atoms with E-state index in [1.165, 1.54) is 23.9 Å². The smallest absolute Gasteiger partial charge is 0.259 e. The molecule has 0 aromatic heterocycles. The fourth-order valence-electron chi connectivity index (χ4n) is 1.41. The number of likely N-dealkylation sites (N-methyl/N-ethyl adjacent to an activating group) is 2. The van der Waals surface area contributed by atoms with Gasteiger partial charge >= 0.3 is 0 Å². The van der Waals surface area contributed by atoms with E-state index in [4.69, 9.17) is 5.41 Å². The molecule has 6 nitrogen and oxygen atoms in total. The number of carbonyl (C=O) groups is 2. The first-order chi connectivity index (χ1) is 7.77. The minimum Gasteiger partial charge on any atom is -0.505 e. The Kier molecular flexibility index (Phi) is 3.36. The van der Waals surface area contributed by atoms with Gasteiger partial charge in [-0.25, -0.2) is 0 Å². The molecular formula is C11H15N3O3. The molecule has 0 atom stereocenters. The molecule has 0 saturated carbocycles. The molecule has 0 aliphatic heterocycles. The number of amides is 1. The van der Waals surface area contributed by atoms with Crippen LogP contribution in [0.1, 0.15) is 0 Å². The third-order valence-corrected chi connectivity index (χ3v) is 2.35. The summed E-state index contributed by atoms with van der Waals surface area (Å²) in [4.78, 5) is 26.1. The first-order valence-corrected chi connectivity index (χ1v) is 4.95. The van der Waals surface area contributed by atoms with E-state index in [2.05, 4.69) is 0 Å². The Morgan fingerprint density at radius 2 is 1.82 bits per heavy atom. The van der Waals surface area contributed by atoms with Crippen molar-refractivity contribution in [1.82, 2.24) is 9.80 Å². The highest BCUT2D eigenvalue weighted by molar-refractivity contribution is 6.54. The van der Waals surface area contributed by atoms with Crippen molar-refractivity contribution in [2.75, 3.05) is 28.2 Å². The second-order valence-electron chi connectivity index (χ2n) is 4.09. The lowest BCUT2D eigenvalue weighted by Crippen LogP contribution is -2.35. The van der Waals surface area contributed by atoms with Crippen LogP contribution in [0.4, 0.5) is 0 Å². The van der Waals surface area contributed by atoms with Gasteiger partial charge in [0.2, 0.25) is 5.78 Å². The van der Waals surface area contributed by atoms with Gasteiger partial charge < -0.3 is 14.9 Å². The zero-order valence-corrected chi connectivity index (χ0v) is 10.2. The van der Waals surface area contributed by atoms with Gasteiger partial charge in [0.25, 0.3) is 5.91 Å². The Labute approximate surface area is 99.3 Å². The highest BCUT2D eigenvalue weighted by atomic mass is 16.3. The first kappa shape index (κ1) is 13.0. The van der Waals surface area contributed by atoms with Crippen molar-refractivity contribution in [2.45, 2.75) is 0 Å². The highest BCUT2D eigenvalue weighted by Gasteiger charge is 2.32. The summed E-state index contributed by atoms with van der Waals surface area (Å²) in [5.41, 5.74) is -0.505. The van der Waals surface area contributed by atoms with Crippen LogP contribution in [0.15, 0.2) is 23.1 Å². The lowest BCUT2D eigenvalue weighted by Gasteiger charge is -2.23. The number of nitrogens with zero attached hydrogens (tertiary/aromatic N) is 2. The summed E-state index contributed by atoms with van der Waals surface area (Å²) in [5.74, 6) is -1.48. The van der Waals surface area contributed by atoms with Gasteiger partial charge in [-0.3, -0.25) is 15.0 Å². The van der Waals surface area contributed by atoms with Gasteiger partial charge in [-0.2, -0.15) is 0 Å². The van der Waals surface area contributed by atoms with Crippen molar-refractivity contribution >= 4 is 17.4 Å². The molecule has 0 aromatic carbocycles. The number of nitrogens with one attached hydrogen (secondary N) is 1. The van der Waals surface area contributed by atoms with Gasteiger partial charge in [0, 0.05) is 34.3 Å². The average molecular weight is 237 g/mol. The molecule has 92 valence electrons. The predicted molar refractivity (Wildman–Crippen MR) is 62.9 cm³/mol. The summed E-state index contributed by atoms with van der Waals surface area (Å²) in [6, 6.07) is 0. The summed E-state index contributed by atoms with van der Waals surface area (Å²) in [6.07, 6.45) is 1.14. The molecule has 0 fully saturated rings. The standard InChI is InChI=1S/C11H15N3O3/c1-13(2)6-5-7(15)9(12)8(10(6)16)11(17)14(3)4/h5,12,16H,1-4H3. The number of aliphatic hydroxyl groups is 1. The molecule has 0 radical (unpaired) electrons. The van der Waals surface area contributed by atoms with E-state index in [-0.39, 0.29) is 17.0 Å². The SMILES string of the molecule is CN(C)C(=O)C1=C(O)C(N(C)C)=CC(=O)C1=N. The van der Waals surface area contributed by atoms with E-state index in [1.807, 2.05) is 0 Å². The van der Waals surface area contributed by atoms with E-state index in [9.17, 15) is 14.7 Å². The largest absolute Gasteiger partial charge is 0.505 e. The van der Waals surface area contributed by atoms with Crippen molar-refractivity contribution in [3.8, 4) is 0 Å². The van der Waals surface area contributed by atoms with E-state index in [1.54, 1.807) is 14.1 Å². The fourth-order valence-corrected chi connectivity index (χ4v) is 1.41. The summed E-state index contributed by atoms with van der Waals surface area (Å²) in [6.45, 7) is 0. The van der Waals surface area contributed by atoms with Gasteiger partial charge in [0.05, 0.1) is 5.70 Å². The van der Waals surface area contributed by atoms with Crippen molar-refractivity contribution in [3.63, 3.8) is 0 Å². The van der Waals surface area contributed by atoms with Gasteiger partial charge in [0.15, 0.2) is 5.76 Å². The quantitative estimate of drug-likeness (QED) is 0.659. The summed E-state index contributed by atoms with van der Waals surface area (Å²) < 4.78 is 0. The van der Waals surface area contributed by atoms with Crippen LogP contribution in [-0.2, 0) is 9.59 Å². The molecule has 1 amide bonds. The lowest BCUT2D eigenvalue weighted by atomic mass is 9.96. The molecule has 0 unspecified atom stereocenters.